The maximum Gasteiger partial charge on any atom is 0.0480 e. The summed E-state index contributed by atoms with van der Waals surface area (Å²) in [6.45, 7) is 7.29. The van der Waals surface area contributed by atoms with Crippen LogP contribution in [0.5, 0.6) is 0 Å². The lowest BCUT2D eigenvalue weighted by molar-refractivity contribution is 0.136. The van der Waals surface area contributed by atoms with Gasteiger partial charge in [-0.3, -0.25) is 0 Å². The summed E-state index contributed by atoms with van der Waals surface area (Å²) in [5.74, 6) is 0. The van der Waals surface area contributed by atoms with E-state index in [2.05, 4.69) is 17.3 Å². The largest absolute Gasteiger partial charge is 0.382 e. The first-order valence-corrected chi connectivity index (χ1v) is 5.32. The summed E-state index contributed by atoms with van der Waals surface area (Å²) in [5, 5.41) is 3.55. The van der Waals surface area contributed by atoms with Gasteiger partial charge in [0.15, 0.2) is 0 Å². The molecule has 0 bridgehead atoms. The van der Waals surface area contributed by atoms with E-state index in [1.165, 1.54) is 19.5 Å². The highest BCUT2D eigenvalue weighted by atomic mass is 16.5. The third-order valence-corrected chi connectivity index (χ3v) is 2.60. The van der Waals surface area contributed by atoms with E-state index in [-0.39, 0.29) is 0 Å². The molecule has 0 aromatic carbocycles. The Morgan fingerprint density at radius 1 is 1.46 bits per heavy atom. The highest BCUT2D eigenvalue weighted by Crippen LogP contribution is 2.03. The maximum absolute atomic E-state index is 5.35. The molecule has 0 saturated carbocycles. The van der Waals surface area contributed by atoms with Gasteiger partial charge in [0, 0.05) is 32.3 Å². The SMILES string of the molecule is CCOCCC1CCN(C)CCN1. The molecule has 0 aromatic rings. The Labute approximate surface area is 81.4 Å². The van der Waals surface area contributed by atoms with Gasteiger partial charge in [0.05, 0.1) is 0 Å². The number of hydrogen-bond acceptors (Lipinski definition) is 3. The summed E-state index contributed by atoms with van der Waals surface area (Å²) < 4.78 is 5.35. The van der Waals surface area contributed by atoms with Crippen LogP contribution in [0.1, 0.15) is 19.8 Å². The standard InChI is InChI=1S/C10H22N2O/c1-3-13-9-5-10-4-7-12(2)8-6-11-10/h10-11H,3-9H2,1-2H3. The van der Waals surface area contributed by atoms with Crippen molar-refractivity contribution < 1.29 is 4.74 Å². The first-order valence-electron chi connectivity index (χ1n) is 5.32. The fourth-order valence-electron chi connectivity index (χ4n) is 1.67. The van der Waals surface area contributed by atoms with E-state index in [4.69, 9.17) is 4.74 Å². The van der Waals surface area contributed by atoms with Crippen molar-refractivity contribution >= 4 is 0 Å². The Hall–Kier alpha value is -0.120. The summed E-state index contributed by atoms with van der Waals surface area (Å²) in [6, 6.07) is 0.663. The van der Waals surface area contributed by atoms with Gasteiger partial charge in [-0.15, -0.1) is 0 Å². The summed E-state index contributed by atoms with van der Waals surface area (Å²) in [4.78, 5) is 2.38. The predicted molar refractivity (Wildman–Crippen MR) is 55.0 cm³/mol. The minimum Gasteiger partial charge on any atom is -0.382 e. The number of likely N-dealkylation sites (N-methyl/N-ethyl adjacent to an activating group) is 1. The van der Waals surface area contributed by atoms with Crippen LogP contribution in [0.3, 0.4) is 0 Å². The fourth-order valence-corrected chi connectivity index (χ4v) is 1.67. The molecule has 0 amide bonds. The van der Waals surface area contributed by atoms with Crippen molar-refractivity contribution in [1.82, 2.24) is 10.2 Å². The first kappa shape index (κ1) is 11.0. The molecule has 0 aromatic heterocycles. The maximum atomic E-state index is 5.35. The van der Waals surface area contributed by atoms with Crippen LogP contribution in [-0.2, 0) is 4.74 Å². The van der Waals surface area contributed by atoms with Gasteiger partial charge in [-0.1, -0.05) is 0 Å². The van der Waals surface area contributed by atoms with Crippen LogP contribution >= 0.6 is 0 Å². The number of nitrogens with one attached hydrogen (secondary N) is 1. The van der Waals surface area contributed by atoms with Crippen molar-refractivity contribution in [2.45, 2.75) is 25.8 Å². The molecule has 3 heteroatoms. The molecule has 0 radical (unpaired) electrons. The molecular formula is C10H22N2O. The highest BCUT2D eigenvalue weighted by molar-refractivity contribution is 4.73. The summed E-state index contributed by atoms with van der Waals surface area (Å²) >= 11 is 0. The lowest BCUT2D eigenvalue weighted by atomic mass is 10.1. The summed E-state index contributed by atoms with van der Waals surface area (Å²) in [6.07, 6.45) is 2.41. The van der Waals surface area contributed by atoms with E-state index >= 15 is 0 Å². The van der Waals surface area contributed by atoms with Gasteiger partial charge >= 0.3 is 0 Å². The lowest BCUT2D eigenvalue weighted by Crippen LogP contribution is -2.31. The predicted octanol–water partition coefficient (Wildman–Crippen LogP) is 0.707. The number of nitrogens with zero attached hydrogens (tertiary/aromatic N) is 1. The van der Waals surface area contributed by atoms with Gasteiger partial charge in [-0.2, -0.15) is 0 Å². The third-order valence-electron chi connectivity index (χ3n) is 2.60. The van der Waals surface area contributed by atoms with E-state index in [0.29, 0.717) is 6.04 Å². The van der Waals surface area contributed by atoms with E-state index in [9.17, 15) is 0 Å². The molecule has 0 aliphatic carbocycles. The molecule has 78 valence electrons. The molecule has 3 nitrogen and oxygen atoms in total. The Balaban J connectivity index is 2.11. The Kier molecular flexibility index (Phi) is 5.35. The third kappa shape index (κ3) is 4.60. The van der Waals surface area contributed by atoms with Crippen LogP contribution in [0.4, 0.5) is 0 Å². The molecule has 1 rings (SSSR count). The zero-order valence-electron chi connectivity index (χ0n) is 8.88. The Morgan fingerprint density at radius 2 is 2.31 bits per heavy atom. The van der Waals surface area contributed by atoms with Gasteiger partial charge in [-0.05, 0) is 33.4 Å². The second kappa shape index (κ2) is 6.35. The van der Waals surface area contributed by atoms with E-state index in [1.807, 2.05) is 6.92 Å². The highest BCUT2D eigenvalue weighted by Gasteiger charge is 2.12. The fraction of sp³-hybridized carbons (Fsp3) is 1.00. The van der Waals surface area contributed by atoms with Gasteiger partial charge in [-0.25, -0.2) is 0 Å². The van der Waals surface area contributed by atoms with Crippen LogP contribution in [0.2, 0.25) is 0 Å². The van der Waals surface area contributed by atoms with E-state index in [1.54, 1.807) is 0 Å². The molecule has 1 fully saturated rings. The Bertz CT molecular complexity index is 130. The molecule has 13 heavy (non-hydrogen) atoms. The van der Waals surface area contributed by atoms with Crippen molar-refractivity contribution in [3.05, 3.63) is 0 Å². The topological polar surface area (TPSA) is 24.5 Å². The quantitative estimate of drug-likeness (QED) is 0.654. The lowest BCUT2D eigenvalue weighted by Gasteiger charge is -2.15. The average Bonchev–Trinajstić information content (AvgIpc) is 2.32. The molecule has 1 atom stereocenters. The molecular weight excluding hydrogens is 164 g/mol. The molecule has 0 spiro atoms. The van der Waals surface area contributed by atoms with Gasteiger partial charge < -0.3 is 15.0 Å². The monoisotopic (exact) mass is 186 g/mol. The smallest absolute Gasteiger partial charge is 0.0480 e. The zero-order valence-corrected chi connectivity index (χ0v) is 8.88. The molecule has 1 aliphatic rings. The van der Waals surface area contributed by atoms with Crippen LogP contribution in [0.15, 0.2) is 0 Å². The molecule has 1 aliphatic heterocycles. The zero-order chi connectivity index (χ0) is 9.52. The number of ether oxygens (including phenoxy) is 1. The van der Waals surface area contributed by atoms with Gasteiger partial charge in [0.1, 0.15) is 0 Å². The minimum atomic E-state index is 0.663. The minimum absolute atomic E-state index is 0.663. The van der Waals surface area contributed by atoms with Crippen LogP contribution < -0.4 is 5.32 Å². The van der Waals surface area contributed by atoms with E-state index < -0.39 is 0 Å². The van der Waals surface area contributed by atoms with Crippen LogP contribution in [0, 0.1) is 0 Å². The molecule has 1 heterocycles. The average molecular weight is 186 g/mol. The summed E-state index contributed by atoms with van der Waals surface area (Å²) in [5.41, 5.74) is 0. The van der Waals surface area contributed by atoms with Gasteiger partial charge in [0.25, 0.3) is 0 Å². The number of hydrogen-bond donors (Lipinski definition) is 1. The van der Waals surface area contributed by atoms with Crippen molar-refractivity contribution in [3.8, 4) is 0 Å². The van der Waals surface area contributed by atoms with Crippen molar-refractivity contribution in [2.24, 2.45) is 0 Å². The van der Waals surface area contributed by atoms with Crippen molar-refractivity contribution in [3.63, 3.8) is 0 Å². The molecule has 1 saturated heterocycles. The number of rotatable bonds is 4. The second-order valence-electron chi connectivity index (χ2n) is 3.73. The van der Waals surface area contributed by atoms with Gasteiger partial charge in [0.2, 0.25) is 0 Å². The Morgan fingerprint density at radius 3 is 3.08 bits per heavy atom. The molecule has 1 unspecified atom stereocenters. The van der Waals surface area contributed by atoms with E-state index in [0.717, 1.165) is 26.2 Å². The second-order valence-corrected chi connectivity index (χ2v) is 3.73. The molecule has 1 N–H and O–H groups in total. The first-order chi connectivity index (χ1) is 6.33. The summed E-state index contributed by atoms with van der Waals surface area (Å²) in [7, 11) is 2.19. The van der Waals surface area contributed by atoms with Crippen molar-refractivity contribution in [2.75, 3.05) is 39.9 Å². The normalized spacial score (nSPS) is 25.8. The van der Waals surface area contributed by atoms with Crippen LogP contribution in [-0.4, -0.2) is 50.8 Å². The van der Waals surface area contributed by atoms with Crippen LogP contribution in [0.25, 0.3) is 0 Å². The van der Waals surface area contributed by atoms with Crippen molar-refractivity contribution in [1.29, 1.82) is 0 Å².